The molecule has 3 aromatic rings. The van der Waals surface area contributed by atoms with Crippen molar-refractivity contribution in [2.45, 2.75) is 39.8 Å². The number of aromatic nitrogens is 2. The lowest BCUT2D eigenvalue weighted by Crippen LogP contribution is -2.45. The zero-order valence-corrected chi connectivity index (χ0v) is 17.4. The first kappa shape index (κ1) is 21.2. The first-order chi connectivity index (χ1) is 14.3. The Morgan fingerprint density at radius 3 is 2.50 bits per heavy atom. The maximum absolute atomic E-state index is 12.8. The summed E-state index contributed by atoms with van der Waals surface area (Å²) in [6, 6.07) is 13.2. The molecule has 0 radical (unpaired) electrons. The second-order valence-corrected chi connectivity index (χ2v) is 7.61. The van der Waals surface area contributed by atoms with Gasteiger partial charge in [0.1, 0.15) is 6.04 Å². The van der Waals surface area contributed by atoms with Crippen LogP contribution in [-0.4, -0.2) is 27.9 Å². The topological polar surface area (TPSA) is 101 Å². The molecule has 0 bridgehead atoms. The number of hydrogen-bond acceptors (Lipinski definition) is 5. The fraction of sp³-hybridized carbons (Fsp3) is 0.304. The van der Waals surface area contributed by atoms with Gasteiger partial charge in [-0.25, -0.2) is 9.78 Å². The third-order valence-corrected chi connectivity index (χ3v) is 4.80. The molecule has 7 heteroatoms. The molecule has 0 aliphatic carbocycles. The largest absolute Gasteiger partial charge is 0.453 e. The van der Waals surface area contributed by atoms with E-state index in [1.54, 1.807) is 49.4 Å². The van der Waals surface area contributed by atoms with Gasteiger partial charge in [-0.3, -0.25) is 9.59 Å². The summed E-state index contributed by atoms with van der Waals surface area (Å²) in [5.41, 5.74) is 1.65. The summed E-state index contributed by atoms with van der Waals surface area (Å²) in [5.74, 6) is -0.879. The summed E-state index contributed by atoms with van der Waals surface area (Å²) >= 11 is 0. The SMILES string of the molecule is Cc1cccc(C(=O)N[C@H](C(=O)OC(C)c2nc3ccccc3c(=O)[nH]2)C(C)C)c1. The Labute approximate surface area is 174 Å². The predicted molar refractivity (Wildman–Crippen MR) is 114 cm³/mol. The van der Waals surface area contributed by atoms with Crippen molar-refractivity contribution in [2.75, 3.05) is 0 Å². The van der Waals surface area contributed by atoms with Crippen molar-refractivity contribution in [2.24, 2.45) is 5.92 Å². The van der Waals surface area contributed by atoms with Crippen LogP contribution in [0.25, 0.3) is 10.9 Å². The molecule has 2 N–H and O–H groups in total. The number of benzene rings is 2. The number of carbonyl (C=O) groups is 2. The molecule has 7 nitrogen and oxygen atoms in total. The molecule has 2 atom stereocenters. The zero-order chi connectivity index (χ0) is 21.8. The van der Waals surface area contributed by atoms with E-state index in [0.717, 1.165) is 5.56 Å². The van der Waals surface area contributed by atoms with Gasteiger partial charge in [0.15, 0.2) is 11.9 Å². The highest BCUT2D eigenvalue weighted by molar-refractivity contribution is 5.97. The number of nitrogens with one attached hydrogen (secondary N) is 2. The number of fused-ring (bicyclic) bond motifs is 1. The van der Waals surface area contributed by atoms with Crippen LogP contribution in [-0.2, 0) is 9.53 Å². The molecule has 0 spiro atoms. The van der Waals surface area contributed by atoms with Crippen LogP contribution in [0.4, 0.5) is 0 Å². The summed E-state index contributed by atoms with van der Waals surface area (Å²) in [6.07, 6.45) is -0.785. The molecule has 3 rings (SSSR count). The molecule has 0 saturated carbocycles. The first-order valence-corrected chi connectivity index (χ1v) is 9.83. The highest BCUT2D eigenvalue weighted by Gasteiger charge is 2.28. The third kappa shape index (κ3) is 4.74. The number of ether oxygens (including phenoxy) is 1. The van der Waals surface area contributed by atoms with E-state index in [1.807, 2.05) is 26.8 Å². The van der Waals surface area contributed by atoms with Gasteiger partial charge in [-0.1, -0.05) is 43.7 Å². The van der Waals surface area contributed by atoms with Crippen LogP contribution < -0.4 is 10.9 Å². The van der Waals surface area contributed by atoms with E-state index in [1.165, 1.54) is 0 Å². The number of esters is 1. The monoisotopic (exact) mass is 407 g/mol. The van der Waals surface area contributed by atoms with E-state index in [2.05, 4.69) is 15.3 Å². The van der Waals surface area contributed by atoms with Crippen LogP contribution in [0.1, 0.15) is 48.6 Å². The molecule has 1 heterocycles. The molecule has 1 aromatic heterocycles. The summed E-state index contributed by atoms with van der Waals surface area (Å²) < 4.78 is 5.54. The van der Waals surface area contributed by atoms with E-state index in [9.17, 15) is 14.4 Å². The smallest absolute Gasteiger partial charge is 0.329 e. The van der Waals surface area contributed by atoms with Crippen molar-refractivity contribution in [3.8, 4) is 0 Å². The normalized spacial score (nSPS) is 13.1. The predicted octanol–water partition coefficient (Wildman–Crippen LogP) is 3.29. The lowest BCUT2D eigenvalue weighted by Gasteiger charge is -2.23. The van der Waals surface area contributed by atoms with Gasteiger partial charge in [-0.2, -0.15) is 0 Å². The summed E-state index contributed by atoms with van der Waals surface area (Å²) in [6.45, 7) is 7.17. The highest BCUT2D eigenvalue weighted by atomic mass is 16.5. The van der Waals surface area contributed by atoms with Gasteiger partial charge in [0, 0.05) is 5.56 Å². The minimum atomic E-state index is -0.840. The average molecular weight is 407 g/mol. The van der Waals surface area contributed by atoms with Crippen molar-refractivity contribution in [3.05, 3.63) is 75.8 Å². The van der Waals surface area contributed by atoms with Crippen LogP contribution in [0.5, 0.6) is 0 Å². The van der Waals surface area contributed by atoms with E-state index in [4.69, 9.17) is 4.74 Å². The molecule has 1 amide bonds. The van der Waals surface area contributed by atoms with E-state index < -0.39 is 18.1 Å². The van der Waals surface area contributed by atoms with Gasteiger partial charge in [-0.05, 0) is 44.0 Å². The maximum atomic E-state index is 12.8. The molecule has 0 saturated heterocycles. The summed E-state index contributed by atoms with van der Waals surface area (Å²) in [4.78, 5) is 44.7. The molecular formula is C23H25N3O4. The standard InChI is InChI=1S/C23H25N3O4/c1-13(2)19(25-21(27)16-9-7-8-14(3)12-16)23(29)30-15(4)20-24-18-11-6-5-10-17(18)22(28)26-20/h5-13,15,19H,1-4H3,(H,25,27)(H,24,26,28)/t15?,19-/m0/s1. The molecule has 156 valence electrons. The molecule has 0 fully saturated rings. The Hall–Kier alpha value is -3.48. The van der Waals surface area contributed by atoms with E-state index in [0.29, 0.717) is 16.5 Å². The molecule has 0 aliphatic heterocycles. The number of para-hydroxylation sites is 1. The van der Waals surface area contributed by atoms with Crippen LogP contribution >= 0.6 is 0 Å². The lowest BCUT2D eigenvalue weighted by atomic mass is 10.0. The van der Waals surface area contributed by atoms with Gasteiger partial charge >= 0.3 is 5.97 Å². The number of aryl methyl sites for hydroxylation is 1. The minimum Gasteiger partial charge on any atom is -0.453 e. The Morgan fingerprint density at radius 2 is 1.80 bits per heavy atom. The van der Waals surface area contributed by atoms with Crippen molar-refractivity contribution in [1.82, 2.24) is 15.3 Å². The zero-order valence-electron chi connectivity index (χ0n) is 17.4. The number of amides is 1. The summed E-state index contributed by atoms with van der Waals surface area (Å²) in [5, 5.41) is 3.21. The molecule has 2 aromatic carbocycles. The van der Waals surface area contributed by atoms with Gasteiger partial charge in [0.05, 0.1) is 10.9 Å². The van der Waals surface area contributed by atoms with Crippen molar-refractivity contribution < 1.29 is 14.3 Å². The van der Waals surface area contributed by atoms with E-state index >= 15 is 0 Å². The molecule has 1 unspecified atom stereocenters. The fourth-order valence-corrected chi connectivity index (χ4v) is 3.11. The van der Waals surface area contributed by atoms with Crippen molar-refractivity contribution in [3.63, 3.8) is 0 Å². The minimum absolute atomic E-state index is 0.193. The Kier molecular flexibility index (Phi) is 6.30. The highest BCUT2D eigenvalue weighted by Crippen LogP contribution is 2.17. The van der Waals surface area contributed by atoms with Crippen molar-refractivity contribution >= 4 is 22.8 Å². The van der Waals surface area contributed by atoms with E-state index in [-0.39, 0.29) is 23.2 Å². The maximum Gasteiger partial charge on any atom is 0.329 e. The second-order valence-electron chi connectivity index (χ2n) is 7.61. The number of rotatable bonds is 6. The lowest BCUT2D eigenvalue weighted by molar-refractivity contribution is -0.152. The van der Waals surface area contributed by atoms with Gasteiger partial charge in [-0.15, -0.1) is 0 Å². The van der Waals surface area contributed by atoms with Crippen molar-refractivity contribution in [1.29, 1.82) is 0 Å². The Bertz CT molecular complexity index is 1140. The number of H-pyrrole nitrogens is 1. The van der Waals surface area contributed by atoms with Gasteiger partial charge in [0.2, 0.25) is 0 Å². The molecule has 0 aliphatic rings. The number of hydrogen-bond donors (Lipinski definition) is 2. The average Bonchev–Trinajstić information content (AvgIpc) is 2.71. The first-order valence-electron chi connectivity index (χ1n) is 9.83. The number of aromatic amines is 1. The van der Waals surface area contributed by atoms with Gasteiger partial charge in [0.25, 0.3) is 11.5 Å². The van der Waals surface area contributed by atoms with Crippen LogP contribution in [0.15, 0.2) is 53.3 Å². The number of carbonyl (C=O) groups excluding carboxylic acids is 2. The van der Waals surface area contributed by atoms with Crippen LogP contribution in [0.3, 0.4) is 0 Å². The quantitative estimate of drug-likeness (QED) is 0.611. The van der Waals surface area contributed by atoms with Crippen LogP contribution in [0, 0.1) is 12.8 Å². The second kappa shape index (κ2) is 8.90. The fourth-order valence-electron chi connectivity index (χ4n) is 3.11. The summed E-state index contributed by atoms with van der Waals surface area (Å²) in [7, 11) is 0. The molecule has 30 heavy (non-hydrogen) atoms. The Morgan fingerprint density at radius 1 is 1.07 bits per heavy atom. The number of nitrogens with zero attached hydrogens (tertiary/aromatic N) is 1. The third-order valence-electron chi connectivity index (χ3n) is 4.80. The Balaban J connectivity index is 1.76. The van der Waals surface area contributed by atoms with Gasteiger partial charge < -0.3 is 15.0 Å². The van der Waals surface area contributed by atoms with Crippen LogP contribution in [0.2, 0.25) is 0 Å². The molecular weight excluding hydrogens is 382 g/mol.